The van der Waals surface area contributed by atoms with Crippen molar-refractivity contribution in [3.05, 3.63) is 66.2 Å². The van der Waals surface area contributed by atoms with E-state index in [1.807, 2.05) is 61.9 Å². The molecule has 1 N–H and O–H groups in total. The number of nitrogens with zero attached hydrogens (tertiary/aromatic N) is 2. The molecule has 0 radical (unpaired) electrons. The topological polar surface area (TPSA) is 71.4 Å². The Kier molecular flexibility index (Phi) is 8.28. The summed E-state index contributed by atoms with van der Waals surface area (Å²) in [4.78, 5) is 40.9. The van der Waals surface area contributed by atoms with Crippen molar-refractivity contribution < 1.29 is 9.59 Å². The number of ketones is 1. The van der Waals surface area contributed by atoms with Gasteiger partial charge in [0.2, 0.25) is 5.91 Å². The van der Waals surface area contributed by atoms with E-state index in [0.29, 0.717) is 14.9 Å². The molecule has 0 saturated carbocycles. The van der Waals surface area contributed by atoms with E-state index in [0.717, 1.165) is 24.3 Å². The van der Waals surface area contributed by atoms with Gasteiger partial charge >= 0.3 is 0 Å². The van der Waals surface area contributed by atoms with E-state index in [4.69, 9.17) is 0 Å². The molecule has 0 atom stereocenters. The van der Waals surface area contributed by atoms with Crippen LogP contribution in [0.5, 0.6) is 0 Å². The lowest BCUT2D eigenvalue weighted by molar-refractivity contribution is -0.120. The van der Waals surface area contributed by atoms with E-state index in [-0.39, 0.29) is 23.8 Å². The average Bonchev–Trinajstić information content (AvgIpc) is 3.39. The largest absolute Gasteiger partial charge is 0.372 e. The van der Waals surface area contributed by atoms with Crippen LogP contribution in [0.1, 0.15) is 40.2 Å². The summed E-state index contributed by atoms with van der Waals surface area (Å²) in [6, 6.07) is 9.57. The number of hydrogen-bond donors (Lipinski definition) is 1. The maximum absolute atomic E-state index is 13.1. The van der Waals surface area contributed by atoms with Crippen LogP contribution < -0.4 is 25.0 Å². The molecule has 6 nitrogen and oxygen atoms in total. The predicted octanol–water partition coefficient (Wildman–Crippen LogP) is 3.68. The van der Waals surface area contributed by atoms with Crippen LogP contribution in [-0.4, -0.2) is 29.3 Å². The molecule has 1 aromatic carbocycles. The fourth-order valence-corrected chi connectivity index (χ4v) is 4.98. The van der Waals surface area contributed by atoms with Crippen molar-refractivity contribution in [2.45, 2.75) is 41.2 Å². The van der Waals surface area contributed by atoms with Gasteiger partial charge in [-0.2, -0.15) is 11.3 Å². The van der Waals surface area contributed by atoms with E-state index in [9.17, 15) is 14.4 Å². The normalized spacial score (nSPS) is 12.7. The second-order valence-electron chi connectivity index (χ2n) is 8.92. The summed E-state index contributed by atoms with van der Waals surface area (Å²) in [7, 11) is 0. The van der Waals surface area contributed by atoms with Crippen LogP contribution in [0.2, 0.25) is 0 Å². The highest BCUT2D eigenvalue weighted by Gasteiger charge is 2.20. The molecule has 2 heterocycles. The zero-order valence-electron chi connectivity index (χ0n) is 20.3. The van der Waals surface area contributed by atoms with Gasteiger partial charge in [0, 0.05) is 36.0 Å². The zero-order valence-corrected chi connectivity index (χ0v) is 21.9. The van der Waals surface area contributed by atoms with E-state index >= 15 is 0 Å². The van der Waals surface area contributed by atoms with Crippen LogP contribution in [0, 0.1) is 5.41 Å². The summed E-state index contributed by atoms with van der Waals surface area (Å²) < 4.78 is 2.34. The lowest BCUT2D eigenvalue weighted by Gasteiger charge is -2.21. The smallest absolute Gasteiger partial charge is 0.269 e. The molecule has 8 heteroatoms. The number of amides is 1. The molecule has 0 saturated heterocycles. The number of thiophene rings is 1. The van der Waals surface area contributed by atoms with Gasteiger partial charge in [-0.1, -0.05) is 20.8 Å². The number of anilines is 2. The highest BCUT2D eigenvalue weighted by atomic mass is 32.1. The third-order valence-electron chi connectivity index (χ3n) is 5.35. The first-order valence-electron chi connectivity index (χ1n) is 11.3. The second kappa shape index (κ2) is 11.0. The molecule has 0 fully saturated rings. The molecular weight excluding hydrogens is 466 g/mol. The summed E-state index contributed by atoms with van der Waals surface area (Å²) in [5.41, 5.74) is 1.80. The van der Waals surface area contributed by atoms with Crippen molar-refractivity contribution in [1.82, 2.24) is 4.57 Å². The Labute approximate surface area is 207 Å². The Balaban J connectivity index is 1.91. The van der Waals surface area contributed by atoms with Crippen molar-refractivity contribution in [1.29, 1.82) is 0 Å². The monoisotopic (exact) mass is 497 g/mol. The number of Topliss-reactive ketones (excluding diaryl/α,β-unsaturated/α-hetero) is 1. The fourth-order valence-electron chi connectivity index (χ4n) is 3.32. The first-order valence-corrected chi connectivity index (χ1v) is 13.0. The molecule has 0 aliphatic rings. The van der Waals surface area contributed by atoms with Gasteiger partial charge in [0.1, 0.15) is 11.2 Å². The van der Waals surface area contributed by atoms with Gasteiger partial charge < -0.3 is 10.2 Å². The number of aromatic nitrogens is 1. The average molecular weight is 498 g/mol. The van der Waals surface area contributed by atoms with Crippen LogP contribution >= 0.6 is 22.7 Å². The lowest BCUT2D eigenvalue weighted by Crippen LogP contribution is -2.36. The van der Waals surface area contributed by atoms with Crippen LogP contribution in [0.3, 0.4) is 0 Å². The molecule has 180 valence electrons. The Morgan fingerprint density at radius 1 is 1.09 bits per heavy atom. The number of benzene rings is 1. The van der Waals surface area contributed by atoms with E-state index in [1.165, 1.54) is 22.0 Å². The molecule has 2 aromatic heterocycles. The van der Waals surface area contributed by atoms with Gasteiger partial charge in [0.05, 0.1) is 4.53 Å². The van der Waals surface area contributed by atoms with Crippen molar-refractivity contribution in [2.24, 2.45) is 5.41 Å². The number of thiazole rings is 1. The molecule has 3 rings (SSSR count). The van der Waals surface area contributed by atoms with Gasteiger partial charge in [0.25, 0.3) is 5.56 Å². The summed E-state index contributed by atoms with van der Waals surface area (Å²) in [6.45, 7) is 11.3. The number of rotatable bonds is 8. The first kappa shape index (κ1) is 25.6. The Bertz CT molecular complexity index is 1310. The maximum Gasteiger partial charge on any atom is 0.269 e. The van der Waals surface area contributed by atoms with Crippen LogP contribution in [0.15, 0.2) is 45.9 Å². The molecule has 0 unspecified atom stereocenters. The first-order chi connectivity index (χ1) is 16.1. The quantitative estimate of drug-likeness (QED) is 0.515. The minimum absolute atomic E-state index is 0.100. The predicted molar refractivity (Wildman–Crippen MR) is 143 cm³/mol. The summed E-state index contributed by atoms with van der Waals surface area (Å²) >= 11 is 2.77. The van der Waals surface area contributed by atoms with Crippen LogP contribution in [0.4, 0.5) is 11.4 Å². The molecule has 1 amide bonds. The van der Waals surface area contributed by atoms with Crippen molar-refractivity contribution in [3.8, 4) is 0 Å². The third kappa shape index (κ3) is 6.33. The van der Waals surface area contributed by atoms with Gasteiger partial charge in [-0.05, 0) is 66.6 Å². The molecule has 3 aromatic rings. The van der Waals surface area contributed by atoms with Crippen LogP contribution in [-0.2, 0) is 16.1 Å². The van der Waals surface area contributed by atoms with Crippen molar-refractivity contribution in [3.63, 3.8) is 0 Å². The van der Waals surface area contributed by atoms with Gasteiger partial charge in [-0.15, -0.1) is 11.3 Å². The van der Waals surface area contributed by atoms with E-state index < -0.39 is 5.41 Å². The standard InChI is InChI=1S/C26H31N3O3S2/c1-6-28(7-2)20-10-8-19(9-11-20)27-23(31)16-29-24(15-22(30)26(3,4)5)34-21(25(29)32)14-18-12-13-33-17-18/h8-15,17H,6-7,16H2,1-5H3,(H,27,31)/b21-14+,24-15-. The molecule has 0 bridgehead atoms. The Morgan fingerprint density at radius 3 is 2.32 bits per heavy atom. The van der Waals surface area contributed by atoms with E-state index in [2.05, 4.69) is 24.1 Å². The molecular formula is C26H31N3O3S2. The van der Waals surface area contributed by atoms with Crippen molar-refractivity contribution in [2.75, 3.05) is 23.3 Å². The number of nitrogens with one attached hydrogen (secondary N) is 1. The van der Waals surface area contributed by atoms with Gasteiger partial charge in [0.15, 0.2) is 5.78 Å². The second-order valence-corrected chi connectivity index (χ2v) is 10.8. The fraction of sp³-hybridized carbons (Fsp3) is 0.346. The van der Waals surface area contributed by atoms with Crippen molar-refractivity contribution >= 4 is 57.9 Å². The summed E-state index contributed by atoms with van der Waals surface area (Å²) in [5, 5.41) is 6.75. The zero-order chi connectivity index (χ0) is 24.9. The summed E-state index contributed by atoms with van der Waals surface area (Å²) in [6.07, 6.45) is 3.27. The molecule has 0 aliphatic heterocycles. The van der Waals surface area contributed by atoms with Gasteiger partial charge in [-0.3, -0.25) is 19.0 Å². The summed E-state index contributed by atoms with van der Waals surface area (Å²) in [5.74, 6) is -0.424. The number of carbonyl (C=O) groups is 2. The minimum Gasteiger partial charge on any atom is -0.372 e. The molecule has 0 spiro atoms. The Morgan fingerprint density at radius 2 is 1.76 bits per heavy atom. The highest BCUT2D eigenvalue weighted by molar-refractivity contribution is 7.08. The molecule has 0 aliphatic carbocycles. The third-order valence-corrected chi connectivity index (χ3v) is 7.11. The number of carbonyl (C=O) groups excluding carboxylic acids is 2. The number of hydrogen-bond acceptors (Lipinski definition) is 6. The lowest BCUT2D eigenvalue weighted by atomic mass is 9.91. The highest BCUT2D eigenvalue weighted by Crippen LogP contribution is 2.18. The molecule has 34 heavy (non-hydrogen) atoms. The SMILES string of the molecule is CCN(CC)c1ccc(NC(=O)Cn2c(=O)/c(=C\c3ccsc3)s/c2=C\C(=O)C(C)(C)C)cc1. The van der Waals surface area contributed by atoms with Crippen LogP contribution in [0.25, 0.3) is 12.2 Å². The Hall–Kier alpha value is -2.97. The minimum atomic E-state index is -0.586. The van der Waals surface area contributed by atoms with E-state index in [1.54, 1.807) is 17.4 Å². The van der Waals surface area contributed by atoms with Gasteiger partial charge in [-0.25, -0.2) is 0 Å². The maximum atomic E-state index is 13.1.